The highest BCUT2D eigenvalue weighted by Gasteiger charge is 2.49. The van der Waals surface area contributed by atoms with E-state index in [0.717, 1.165) is 0 Å². The molecule has 6 nitrogen and oxygen atoms in total. The van der Waals surface area contributed by atoms with E-state index in [-0.39, 0.29) is 0 Å². The van der Waals surface area contributed by atoms with Crippen LogP contribution in [0.25, 0.3) is 0 Å². The van der Waals surface area contributed by atoms with Gasteiger partial charge in [0.2, 0.25) is 0 Å². The first-order valence-electron chi connectivity index (χ1n) is 4.25. The Balaban J connectivity index is 4.48. The topological polar surface area (TPSA) is 55.4 Å². The Morgan fingerprint density at radius 1 is 0.500 bits per heavy atom. The van der Waals surface area contributed by atoms with E-state index in [1.54, 1.807) is 42.7 Å². The lowest BCUT2D eigenvalue weighted by molar-refractivity contribution is 0.151. The molecule has 10 heteroatoms. The summed E-state index contributed by atoms with van der Waals surface area (Å²) in [5.41, 5.74) is 0. The molecule has 0 N–H and O–H groups in total. The fourth-order valence-corrected chi connectivity index (χ4v) is 15.3. The van der Waals surface area contributed by atoms with Gasteiger partial charge in [-0.2, -0.15) is 0 Å². The van der Waals surface area contributed by atoms with E-state index >= 15 is 0 Å². The fraction of sp³-hybridized carbons (Fsp3) is 1.00. The van der Waals surface area contributed by atoms with Crippen LogP contribution in [0.5, 0.6) is 0 Å². The summed E-state index contributed by atoms with van der Waals surface area (Å²) in [4.78, 5) is 0. The molecular weight excluding hydrogens is 288 g/mol. The van der Waals surface area contributed by atoms with E-state index in [4.69, 9.17) is 26.6 Å². The van der Waals surface area contributed by atoms with Gasteiger partial charge in [-0.1, -0.05) is 0 Å². The first kappa shape index (κ1) is 16.9. The van der Waals surface area contributed by atoms with E-state index in [1.165, 1.54) is 20.5 Å². The van der Waals surface area contributed by atoms with Crippen molar-refractivity contribution in [1.82, 2.24) is 0 Å². The van der Waals surface area contributed by atoms with Gasteiger partial charge in [-0.3, -0.25) is 0 Å². The summed E-state index contributed by atoms with van der Waals surface area (Å²) < 4.78 is 31.5. The van der Waals surface area contributed by atoms with Gasteiger partial charge < -0.3 is 26.6 Å². The van der Waals surface area contributed by atoms with Gasteiger partial charge in [-0.15, -0.1) is 0 Å². The molecular formula is C6H18O6S2Si2. The molecule has 0 aliphatic rings. The summed E-state index contributed by atoms with van der Waals surface area (Å²) in [6.07, 6.45) is 0. The third-order valence-electron chi connectivity index (χ3n) is 1.75. The number of rotatable bonds is 9. The van der Waals surface area contributed by atoms with Crippen LogP contribution in [-0.2, 0) is 26.6 Å². The molecule has 0 aliphatic carbocycles. The first-order chi connectivity index (χ1) is 7.57. The van der Waals surface area contributed by atoms with E-state index in [0.29, 0.717) is 0 Å². The van der Waals surface area contributed by atoms with Crippen LogP contribution < -0.4 is 0 Å². The molecule has 0 unspecified atom stereocenters. The van der Waals surface area contributed by atoms with Crippen LogP contribution in [0.15, 0.2) is 0 Å². The lowest BCUT2D eigenvalue weighted by Crippen LogP contribution is -2.43. The second-order valence-electron chi connectivity index (χ2n) is 2.39. The van der Waals surface area contributed by atoms with Crippen molar-refractivity contribution in [1.29, 1.82) is 0 Å². The van der Waals surface area contributed by atoms with Crippen LogP contribution >= 0.6 is 20.5 Å². The predicted molar refractivity (Wildman–Crippen MR) is 68.7 cm³/mol. The van der Waals surface area contributed by atoms with Gasteiger partial charge in [0, 0.05) is 42.7 Å². The maximum atomic E-state index is 5.26. The zero-order valence-electron chi connectivity index (χ0n) is 10.3. The van der Waals surface area contributed by atoms with E-state index in [1.807, 2.05) is 0 Å². The normalized spacial score (nSPS) is 13.1. The van der Waals surface area contributed by atoms with Crippen molar-refractivity contribution in [3.05, 3.63) is 0 Å². The summed E-state index contributed by atoms with van der Waals surface area (Å²) in [7, 11) is 6.51. The standard InChI is InChI=1S/C6H18O6S2Si2/c1-7-15(8-2,9-3)13-14-16(10-4,11-5)12-6/h1-6H3. The molecule has 0 spiro atoms. The minimum atomic E-state index is -2.70. The Labute approximate surface area is 106 Å². The molecule has 0 heterocycles. The number of hydrogen-bond acceptors (Lipinski definition) is 8. The first-order valence-corrected chi connectivity index (χ1v) is 11.3. The summed E-state index contributed by atoms with van der Waals surface area (Å²) in [5.74, 6) is 0. The minimum Gasteiger partial charge on any atom is -0.368 e. The highest BCUT2D eigenvalue weighted by molar-refractivity contribution is 8.95. The van der Waals surface area contributed by atoms with Gasteiger partial charge in [0.25, 0.3) is 0 Å². The fourth-order valence-electron chi connectivity index (χ4n) is 0.806. The van der Waals surface area contributed by atoms with E-state index < -0.39 is 15.9 Å². The maximum absolute atomic E-state index is 5.26. The van der Waals surface area contributed by atoms with Gasteiger partial charge in [0.05, 0.1) is 0 Å². The molecule has 0 rings (SSSR count). The second kappa shape index (κ2) is 8.08. The van der Waals surface area contributed by atoms with Crippen LogP contribution in [0.1, 0.15) is 0 Å². The molecule has 0 atom stereocenters. The van der Waals surface area contributed by atoms with Crippen molar-refractivity contribution in [3.63, 3.8) is 0 Å². The second-order valence-corrected chi connectivity index (χ2v) is 14.2. The van der Waals surface area contributed by atoms with Gasteiger partial charge in [0.15, 0.2) is 0 Å². The third kappa shape index (κ3) is 4.29. The van der Waals surface area contributed by atoms with Crippen LogP contribution in [0, 0.1) is 0 Å². The largest absolute Gasteiger partial charge is 0.583 e. The van der Waals surface area contributed by atoms with Gasteiger partial charge in [0.1, 0.15) is 0 Å². The van der Waals surface area contributed by atoms with Crippen LogP contribution in [-0.4, -0.2) is 58.6 Å². The SMILES string of the molecule is CO[Si](OC)(OC)SS[Si](OC)(OC)OC. The van der Waals surface area contributed by atoms with Gasteiger partial charge in [-0.05, 0) is 20.5 Å². The summed E-state index contributed by atoms with van der Waals surface area (Å²) in [6, 6.07) is 0. The summed E-state index contributed by atoms with van der Waals surface area (Å²) >= 11 is 0. The zero-order chi connectivity index (χ0) is 12.7. The van der Waals surface area contributed by atoms with Crippen LogP contribution in [0.2, 0.25) is 0 Å². The van der Waals surface area contributed by atoms with Crippen molar-refractivity contribution >= 4 is 36.4 Å². The molecule has 0 saturated heterocycles. The van der Waals surface area contributed by atoms with Crippen molar-refractivity contribution in [2.75, 3.05) is 42.7 Å². The smallest absolute Gasteiger partial charge is 0.368 e. The Morgan fingerprint density at radius 3 is 0.812 bits per heavy atom. The Morgan fingerprint density at radius 2 is 0.688 bits per heavy atom. The van der Waals surface area contributed by atoms with Crippen LogP contribution in [0.4, 0.5) is 0 Å². The van der Waals surface area contributed by atoms with Crippen molar-refractivity contribution < 1.29 is 26.6 Å². The lowest BCUT2D eigenvalue weighted by atomic mass is 11.8. The predicted octanol–water partition coefficient (Wildman–Crippen LogP) is 1.12. The van der Waals surface area contributed by atoms with Gasteiger partial charge in [-0.25, -0.2) is 0 Å². The number of hydrogen-bond donors (Lipinski definition) is 0. The monoisotopic (exact) mass is 306 g/mol. The molecule has 0 radical (unpaired) electrons. The highest BCUT2D eigenvalue weighted by atomic mass is 33.3. The molecule has 0 aliphatic heterocycles. The third-order valence-corrected chi connectivity index (χ3v) is 16.4. The summed E-state index contributed by atoms with van der Waals surface area (Å²) in [6.45, 7) is 0. The molecule has 0 bridgehead atoms. The average molecular weight is 307 g/mol. The Hall–Kier alpha value is 0.894. The van der Waals surface area contributed by atoms with Crippen molar-refractivity contribution in [3.8, 4) is 0 Å². The Bertz CT molecular complexity index is 153. The van der Waals surface area contributed by atoms with Crippen molar-refractivity contribution in [2.24, 2.45) is 0 Å². The molecule has 0 aromatic rings. The quantitative estimate of drug-likeness (QED) is 0.464. The average Bonchev–Trinajstić information content (AvgIpc) is 2.37. The molecule has 98 valence electrons. The lowest BCUT2D eigenvalue weighted by Gasteiger charge is -2.27. The van der Waals surface area contributed by atoms with Gasteiger partial charge >= 0.3 is 15.9 Å². The Kier molecular flexibility index (Phi) is 8.53. The molecule has 0 saturated carbocycles. The molecule has 0 aromatic carbocycles. The minimum absolute atomic E-state index is 1.33. The summed E-state index contributed by atoms with van der Waals surface area (Å²) in [5, 5.41) is 0. The molecule has 0 aromatic heterocycles. The van der Waals surface area contributed by atoms with E-state index in [9.17, 15) is 0 Å². The van der Waals surface area contributed by atoms with Crippen LogP contribution in [0.3, 0.4) is 0 Å². The maximum Gasteiger partial charge on any atom is 0.583 e. The van der Waals surface area contributed by atoms with Crippen molar-refractivity contribution in [2.45, 2.75) is 0 Å². The molecule has 0 fully saturated rings. The molecule has 0 amide bonds. The van der Waals surface area contributed by atoms with E-state index in [2.05, 4.69) is 0 Å². The highest BCUT2D eigenvalue weighted by Crippen LogP contribution is 2.40. The zero-order valence-corrected chi connectivity index (χ0v) is 13.9. The molecule has 16 heavy (non-hydrogen) atoms.